The topological polar surface area (TPSA) is 61.1 Å². The van der Waals surface area contributed by atoms with Crippen molar-refractivity contribution in [3.63, 3.8) is 0 Å². The van der Waals surface area contributed by atoms with E-state index in [1.807, 2.05) is 6.07 Å². The number of benzene rings is 2. The molecule has 2 aliphatic heterocycles. The molecule has 0 saturated carbocycles. The predicted molar refractivity (Wildman–Crippen MR) is 144 cm³/mol. The third kappa shape index (κ3) is 4.48. The minimum atomic E-state index is -0.0969. The van der Waals surface area contributed by atoms with Crippen molar-refractivity contribution in [1.82, 2.24) is 0 Å². The molecule has 0 spiro atoms. The van der Waals surface area contributed by atoms with Gasteiger partial charge in [0.2, 0.25) is 0 Å². The van der Waals surface area contributed by atoms with Crippen molar-refractivity contribution in [1.29, 1.82) is 0 Å². The highest BCUT2D eigenvalue weighted by molar-refractivity contribution is 5.75. The van der Waals surface area contributed by atoms with Gasteiger partial charge in [-0.2, -0.15) is 0 Å². The van der Waals surface area contributed by atoms with Gasteiger partial charge in [0.05, 0.1) is 0 Å². The quantitative estimate of drug-likeness (QED) is 0.414. The molecule has 2 heterocycles. The van der Waals surface area contributed by atoms with Crippen LogP contribution < -0.4 is 16.1 Å². The van der Waals surface area contributed by atoms with Crippen LogP contribution >= 0.6 is 0 Å². The van der Waals surface area contributed by atoms with Crippen LogP contribution in [0.2, 0.25) is 0 Å². The Morgan fingerprint density at radius 1 is 1.03 bits per heavy atom. The molecule has 0 amide bonds. The standard InChI is InChI=1S/C31H36N2O2/c1-4-5-6-7-17-33-27-15-13-24(32)19-26(27)31(2,3)29(33)16-12-21-9-8-10-23-18-22-11-14-25(34)20-28(22)35-30(21)23/h11-16,18-20H,4-10,17,32H2,1-3H3/p+1/b21-12+,29-16+. The summed E-state index contributed by atoms with van der Waals surface area (Å²) in [6, 6.07) is 13.9. The molecule has 0 bridgehead atoms. The maximum Gasteiger partial charge on any atom is 0.182 e. The summed E-state index contributed by atoms with van der Waals surface area (Å²) in [5.41, 5.74) is 12.6. The van der Waals surface area contributed by atoms with Gasteiger partial charge in [0, 0.05) is 47.1 Å². The zero-order chi connectivity index (χ0) is 24.6. The molecular formula is C31H37N2O2+. The van der Waals surface area contributed by atoms with E-state index in [1.54, 1.807) is 12.1 Å². The van der Waals surface area contributed by atoms with Gasteiger partial charge in [-0.1, -0.05) is 46.1 Å². The van der Waals surface area contributed by atoms with Crippen molar-refractivity contribution in [2.75, 3.05) is 11.4 Å². The second-order valence-electron chi connectivity index (χ2n) is 10.6. The van der Waals surface area contributed by atoms with Gasteiger partial charge in [0.1, 0.15) is 17.2 Å². The first-order chi connectivity index (χ1) is 16.9. The van der Waals surface area contributed by atoms with Crippen molar-refractivity contribution in [2.45, 2.75) is 71.1 Å². The van der Waals surface area contributed by atoms with Gasteiger partial charge in [-0.3, -0.25) is 4.79 Å². The summed E-state index contributed by atoms with van der Waals surface area (Å²) in [6.45, 7) is 7.93. The molecule has 4 heteroatoms. The number of aryl methyl sites for hydroxylation is 1. The number of hydrogen-bond acceptors (Lipinski definition) is 3. The Kier molecular flexibility index (Phi) is 6.41. The van der Waals surface area contributed by atoms with E-state index in [9.17, 15) is 4.79 Å². The molecule has 35 heavy (non-hydrogen) atoms. The Balaban J connectivity index is 1.55. The smallest absolute Gasteiger partial charge is 0.182 e. The predicted octanol–water partition coefficient (Wildman–Crippen LogP) is 6.60. The number of fused-ring (bicyclic) bond motifs is 3. The second kappa shape index (κ2) is 9.50. The van der Waals surface area contributed by atoms with Crippen LogP contribution in [0, 0.1) is 0 Å². The lowest BCUT2D eigenvalue weighted by atomic mass is 9.83. The number of hydrogen-bond donors (Lipinski definition) is 1. The molecule has 0 fully saturated rings. The summed E-state index contributed by atoms with van der Waals surface area (Å²) < 4.78 is 6.32. The van der Waals surface area contributed by atoms with E-state index in [2.05, 4.69) is 67.8 Å². The summed E-state index contributed by atoms with van der Waals surface area (Å²) >= 11 is 0. The molecule has 0 unspecified atom stereocenters. The van der Waals surface area contributed by atoms with Crippen LogP contribution in [-0.4, -0.2) is 6.54 Å². The van der Waals surface area contributed by atoms with E-state index in [-0.39, 0.29) is 10.8 Å². The van der Waals surface area contributed by atoms with Crippen LogP contribution in [0.25, 0.3) is 16.9 Å². The van der Waals surface area contributed by atoms with Crippen LogP contribution in [0.4, 0.5) is 11.4 Å². The largest absolute Gasteiger partial charge is 0.456 e. The van der Waals surface area contributed by atoms with Gasteiger partial charge in [0.15, 0.2) is 5.43 Å². The van der Waals surface area contributed by atoms with Gasteiger partial charge in [-0.05, 0) is 72.7 Å². The zero-order valence-electron chi connectivity index (χ0n) is 21.3. The monoisotopic (exact) mass is 469 g/mol. The molecule has 4 nitrogen and oxygen atoms in total. The Morgan fingerprint density at radius 2 is 1.89 bits per heavy atom. The molecule has 3 N–H and O–H groups in total. The third-order valence-corrected chi connectivity index (χ3v) is 7.64. The highest BCUT2D eigenvalue weighted by Gasteiger charge is 2.40. The first-order valence-corrected chi connectivity index (χ1v) is 13.1. The minimum Gasteiger partial charge on any atom is -0.456 e. The summed E-state index contributed by atoms with van der Waals surface area (Å²) in [7, 11) is 0. The number of nitrogens with zero attached hydrogens (tertiary/aromatic N) is 1. The van der Waals surface area contributed by atoms with Crippen molar-refractivity contribution in [3.05, 3.63) is 87.4 Å². The molecule has 0 radical (unpaired) electrons. The van der Waals surface area contributed by atoms with Crippen LogP contribution in [0.1, 0.15) is 76.2 Å². The van der Waals surface area contributed by atoms with Crippen LogP contribution in [0.15, 0.2) is 69.5 Å². The van der Waals surface area contributed by atoms with E-state index >= 15 is 0 Å². The SMILES string of the molecule is CCCCCCN1/C(=C/C=C2\CCCc3cc4ccc(=O)cc-4oc32)C(C)(C)c2cc([NH3+])ccc21. The summed E-state index contributed by atoms with van der Waals surface area (Å²) in [5, 5.41) is 0. The summed E-state index contributed by atoms with van der Waals surface area (Å²) in [5.74, 6) is 1.61. The highest BCUT2D eigenvalue weighted by Crippen LogP contribution is 2.48. The Bertz CT molecular complexity index is 1330. The van der Waals surface area contributed by atoms with E-state index in [0.717, 1.165) is 42.8 Å². The van der Waals surface area contributed by atoms with Gasteiger partial charge in [0.25, 0.3) is 0 Å². The number of allylic oxidation sites excluding steroid dienone is 4. The van der Waals surface area contributed by atoms with Crippen molar-refractivity contribution >= 4 is 16.9 Å². The van der Waals surface area contributed by atoms with Gasteiger partial charge in [-0.15, -0.1) is 0 Å². The first kappa shape index (κ1) is 23.6. The van der Waals surface area contributed by atoms with Crippen molar-refractivity contribution < 1.29 is 10.2 Å². The van der Waals surface area contributed by atoms with Crippen LogP contribution in [0.3, 0.4) is 0 Å². The molecule has 2 aliphatic carbocycles. The lowest BCUT2D eigenvalue weighted by Gasteiger charge is -2.27. The summed E-state index contributed by atoms with van der Waals surface area (Å²) in [4.78, 5) is 14.4. The molecule has 0 saturated heterocycles. The van der Waals surface area contributed by atoms with Gasteiger partial charge >= 0.3 is 0 Å². The normalized spacial score (nSPS) is 18.9. The van der Waals surface area contributed by atoms with E-state index in [1.165, 1.54) is 53.8 Å². The molecule has 0 atom stereocenters. The van der Waals surface area contributed by atoms with Crippen LogP contribution in [-0.2, 0) is 11.8 Å². The summed E-state index contributed by atoms with van der Waals surface area (Å²) in [6.07, 6.45) is 12.6. The lowest BCUT2D eigenvalue weighted by Crippen LogP contribution is -2.40. The van der Waals surface area contributed by atoms with Crippen molar-refractivity contribution in [2.24, 2.45) is 0 Å². The minimum absolute atomic E-state index is 0.0152. The fourth-order valence-electron chi connectivity index (χ4n) is 5.69. The molecule has 1 aromatic carbocycles. The Morgan fingerprint density at radius 3 is 2.71 bits per heavy atom. The second-order valence-corrected chi connectivity index (χ2v) is 10.6. The van der Waals surface area contributed by atoms with Gasteiger partial charge < -0.3 is 15.1 Å². The average molecular weight is 470 g/mol. The molecule has 1 aromatic rings. The third-order valence-electron chi connectivity index (χ3n) is 7.64. The van der Waals surface area contributed by atoms with Gasteiger partial charge in [-0.25, -0.2) is 0 Å². The Labute approximate surface area is 208 Å². The fraction of sp³-hybridized carbons (Fsp3) is 0.387. The average Bonchev–Trinajstić information content (AvgIpc) is 3.04. The zero-order valence-corrected chi connectivity index (χ0v) is 21.3. The molecule has 5 rings (SSSR count). The molecule has 0 aromatic heterocycles. The molecule has 4 aliphatic rings. The Hall–Kier alpha value is -3.11. The number of anilines is 1. The molecule has 182 valence electrons. The fourth-order valence-corrected chi connectivity index (χ4v) is 5.69. The maximum absolute atomic E-state index is 11.9. The van der Waals surface area contributed by atoms with E-state index in [0.29, 0.717) is 5.76 Å². The number of unbranched alkanes of at least 4 members (excludes halogenated alkanes) is 3. The van der Waals surface area contributed by atoms with Crippen LogP contribution in [0.5, 0.6) is 0 Å². The maximum atomic E-state index is 11.9. The van der Waals surface area contributed by atoms with Crippen molar-refractivity contribution in [3.8, 4) is 11.3 Å². The molecular weight excluding hydrogens is 432 g/mol. The number of quaternary nitrogens is 1. The lowest BCUT2D eigenvalue weighted by molar-refractivity contribution is -0.254. The highest BCUT2D eigenvalue weighted by atomic mass is 16.3. The first-order valence-electron chi connectivity index (χ1n) is 13.1. The van der Waals surface area contributed by atoms with E-state index < -0.39 is 0 Å². The number of rotatable bonds is 6. The van der Waals surface area contributed by atoms with E-state index in [4.69, 9.17) is 4.42 Å².